The summed E-state index contributed by atoms with van der Waals surface area (Å²) in [6, 6.07) is 0. The Hall–Kier alpha value is -1.03. The van der Waals surface area contributed by atoms with Crippen molar-refractivity contribution in [3.05, 3.63) is 22.1 Å². The SMILES string of the molecule is CCCSC=C1CC[C@@H]2C3=C(C(C)C)CC[C@]3(C(=O)OC)CC[C@@]2(C)C1=O. The quantitative estimate of drug-likeness (QED) is 0.261. The summed E-state index contributed by atoms with van der Waals surface area (Å²) >= 11 is 1.77. The molecule has 4 heteroatoms. The fraction of sp³-hybridized carbons (Fsp3) is 0.739. The van der Waals surface area contributed by atoms with E-state index in [9.17, 15) is 9.59 Å². The molecule has 3 rings (SSSR count). The number of Topliss-reactive ketones (excluding diaryl/α,β-unsaturated/α-hetero) is 1. The number of fused-ring (bicyclic) bond motifs is 3. The van der Waals surface area contributed by atoms with E-state index in [2.05, 4.69) is 33.1 Å². The molecule has 0 heterocycles. The molecule has 2 saturated carbocycles. The minimum atomic E-state index is -0.475. The summed E-state index contributed by atoms with van der Waals surface area (Å²) in [4.78, 5) is 26.3. The molecule has 0 aromatic heterocycles. The maximum atomic E-state index is 13.5. The Kier molecular flexibility index (Phi) is 5.96. The van der Waals surface area contributed by atoms with E-state index in [4.69, 9.17) is 4.74 Å². The maximum absolute atomic E-state index is 13.5. The van der Waals surface area contributed by atoms with E-state index in [-0.39, 0.29) is 17.3 Å². The highest BCUT2D eigenvalue weighted by Crippen LogP contribution is 2.64. The van der Waals surface area contributed by atoms with Gasteiger partial charge in [-0.3, -0.25) is 9.59 Å². The second kappa shape index (κ2) is 7.77. The fourth-order valence-electron chi connectivity index (χ4n) is 5.72. The zero-order valence-corrected chi connectivity index (χ0v) is 18.3. The third kappa shape index (κ3) is 3.22. The maximum Gasteiger partial charge on any atom is 0.315 e. The zero-order valence-electron chi connectivity index (χ0n) is 17.5. The van der Waals surface area contributed by atoms with Crippen LogP contribution in [0.5, 0.6) is 0 Å². The van der Waals surface area contributed by atoms with E-state index >= 15 is 0 Å². The first-order valence-corrected chi connectivity index (χ1v) is 11.5. The van der Waals surface area contributed by atoms with Crippen LogP contribution in [0.1, 0.15) is 72.6 Å². The van der Waals surface area contributed by atoms with Gasteiger partial charge in [-0.25, -0.2) is 0 Å². The van der Waals surface area contributed by atoms with Crippen LogP contribution in [0.15, 0.2) is 22.1 Å². The molecule has 0 aromatic rings. The Morgan fingerprint density at radius 3 is 2.67 bits per heavy atom. The number of carbonyl (C=O) groups is 2. The number of hydrogen-bond acceptors (Lipinski definition) is 4. The van der Waals surface area contributed by atoms with Gasteiger partial charge < -0.3 is 4.74 Å². The molecule has 0 aromatic carbocycles. The van der Waals surface area contributed by atoms with Gasteiger partial charge in [-0.15, -0.1) is 11.8 Å². The average Bonchev–Trinajstić information content (AvgIpc) is 3.05. The van der Waals surface area contributed by atoms with Gasteiger partial charge in [0.25, 0.3) is 0 Å². The van der Waals surface area contributed by atoms with Crippen LogP contribution in [0.4, 0.5) is 0 Å². The number of carbonyl (C=O) groups excluding carboxylic acids is 2. The van der Waals surface area contributed by atoms with Crippen LogP contribution >= 0.6 is 11.8 Å². The monoisotopic (exact) mass is 390 g/mol. The van der Waals surface area contributed by atoms with E-state index in [1.54, 1.807) is 11.8 Å². The number of ether oxygens (including phenoxy) is 1. The molecular formula is C23H34O3S. The lowest BCUT2D eigenvalue weighted by Crippen LogP contribution is -2.51. The largest absolute Gasteiger partial charge is 0.468 e. The van der Waals surface area contributed by atoms with Crippen LogP contribution in [-0.4, -0.2) is 24.6 Å². The lowest BCUT2D eigenvalue weighted by atomic mass is 9.51. The van der Waals surface area contributed by atoms with Gasteiger partial charge in [-0.2, -0.15) is 0 Å². The van der Waals surface area contributed by atoms with Gasteiger partial charge in [0, 0.05) is 11.0 Å². The van der Waals surface area contributed by atoms with Crippen molar-refractivity contribution < 1.29 is 14.3 Å². The molecule has 0 aliphatic heterocycles. The molecule has 3 atom stereocenters. The van der Waals surface area contributed by atoms with Gasteiger partial charge in [-0.05, 0) is 73.5 Å². The molecule has 150 valence electrons. The first kappa shape index (κ1) is 20.7. The lowest BCUT2D eigenvalue weighted by molar-refractivity contribution is -0.155. The number of hydrogen-bond donors (Lipinski definition) is 0. The number of ketones is 1. The van der Waals surface area contributed by atoms with Crippen molar-refractivity contribution in [3.8, 4) is 0 Å². The lowest BCUT2D eigenvalue weighted by Gasteiger charge is -2.51. The summed E-state index contributed by atoms with van der Waals surface area (Å²) in [6.07, 6.45) is 6.30. The highest BCUT2D eigenvalue weighted by molar-refractivity contribution is 8.02. The molecular weight excluding hydrogens is 356 g/mol. The number of thioether (sulfide) groups is 1. The summed E-state index contributed by atoms with van der Waals surface area (Å²) in [5.74, 6) is 1.91. The van der Waals surface area contributed by atoms with Gasteiger partial charge in [0.05, 0.1) is 12.5 Å². The number of allylic oxidation sites excluding steroid dienone is 2. The van der Waals surface area contributed by atoms with Crippen LogP contribution in [0.2, 0.25) is 0 Å². The second-order valence-corrected chi connectivity index (χ2v) is 10.00. The number of esters is 1. The van der Waals surface area contributed by atoms with E-state index in [1.165, 1.54) is 18.3 Å². The second-order valence-electron chi connectivity index (χ2n) is 9.02. The fourth-order valence-corrected chi connectivity index (χ4v) is 6.50. The third-order valence-corrected chi connectivity index (χ3v) is 8.30. The summed E-state index contributed by atoms with van der Waals surface area (Å²) in [7, 11) is 1.51. The van der Waals surface area contributed by atoms with E-state index in [1.807, 2.05) is 0 Å². The standard InChI is InChI=1S/C23H34O3S/c1-6-13-27-14-16-7-8-18-19-17(15(2)3)9-10-23(19,21(25)26-5)12-11-22(18,4)20(16)24/h14-15,18H,6-13H2,1-5H3/t18-,22-,23+/m1/s1. The Balaban J connectivity index is 2.02. The molecule has 0 saturated heterocycles. The minimum absolute atomic E-state index is 0.0810. The molecule has 0 unspecified atom stereocenters. The van der Waals surface area contributed by atoms with E-state index < -0.39 is 5.41 Å². The number of methoxy groups -OCH3 is 1. The van der Waals surface area contributed by atoms with Crippen LogP contribution in [0, 0.1) is 22.7 Å². The van der Waals surface area contributed by atoms with Crippen molar-refractivity contribution in [1.29, 1.82) is 0 Å². The first-order valence-electron chi connectivity index (χ1n) is 10.5. The summed E-state index contributed by atoms with van der Waals surface area (Å²) < 4.78 is 5.28. The molecule has 0 bridgehead atoms. The van der Waals surface area contributed by atoms with Crippen LogP contribution < -0.4 is 0 Å². The highest BCUT2D eigenvalue weighted by atomic mass is 32.2. The molecule has 0 N–H and O–H groups in total. The summed E-state index contributed by atoms with van der Waals surface area (Å²) in [5, 5.41) is 2.11. The van der Waals surface area contributed by atoms with Gasteiger partial charge in [-0.1, -0.05) is 33.3 Å². The smallest absolute Gasteiger partial charge is 0.315 e. The highest BCUT2D eigenvalue weighted by Gasteiger charge is 2.61. The third-order valence-electron chi connectivity index (χ3n) is 7.20. The molecule has 0 amide bonds. The molecule has 3 nitrogen and oxygen atoms in total. The first-order chi connectivity index (χ1) is 12.8. The Labute approximate surface area is 168 Å². The van der Waals surface area contributed by atoms with Crippen molar-refractivity contribution in [2.75, 3.05) is 12.9 Å². The van der Waals surface area contributed by atoms with Gasteiger partial charge in [0.2, 0.25) is 0 Å². The molecule has 0 spiro atoms. The Morgan fingerprint density at radius 2 is 2.04 bits per heavy atom. The minimum Gasteiger partial charge on any atom is -0.468 e. The van der Waals surface area contributed by atoms with Crippen LogP contribution in [0.3, 0.4) is 0 Å². The van der Waals surface area contributed by atoms with Gasteiger partial charge in [0.1, 0.15) is 0 Å². The molecule has 0 radical (unpaired) electrons. The average molecular weight is 391 g/mol. The Morgan fingerprint density at radius 1 is 1.30 bits per heavy atom. The topological polar surface area (TPSA) is 43.4 Å². The predicted molar refractivity (Wildman–Crippen MR) is 111 cm³/mol. The van der Waals surface area contributed by atoms with Crippen LogP contribution in [0.25, 0.3) is 0 Å². The Bertz CT molecular complexity index is 690. The van der Waals surface area contributed by atoms with Crippen molar-refractivity contribution >= 4 is 23.5 Å². The van der Waals surface area contributed by atoms with Gasteiger partial charge >= 0.3 is 5.97 Å². The zero-order chi connectivity index (χ0) is 19.8. The molecule has 2 fully saturated rings. The molecule has 3 aliphatic carbocycles. The normalized spacial score (nSPS) is 34.8. The van der Waals surface area contributed by atoms with Gasteiger partial charge in [0.15, 0.2) is 5.78 Å². The summed E-state index contributed by atoms with van der Waals surface area (Å²) in [6.45, 7) is 8.76. The predicted octanol–water partition coefficient (Wildman–Crippen LogP) is 5.70. The van der Waals surface area contributed by atoms with Crippen LogP contribution in [-0.2, 0) is 14.3 Å². The molecule has 27 heavy (non-hydrogen) atoms. The van der Waals surface area contributed by atoms with E-state index in [0.717, 1.165) is 56.3 Å². The van der Waals surface area contributed by atoms with Crippen molar-refractivity contribution in [3.63, 3.8) is 0 Å². The van der Waals surface area contributed by atoms with E-state index in [0.29, 0.717) is 11.7 Å². The van der Waals surface area contributed by atoms with Crippen molar-refractivity contribution in [2.24, 2.45) is 22.7 Å². The van der Waals surface area contributed by atoms with Crippen molar-refractivity contribution in [2.45, 2.75) is 72.6 Å². The van der Waals surface area contributed by atoms with Crippen molar-refractivity contribution in [1.82, 2.24) is 0 Å². The number of rotatable bonds is 5. The molecule has 3 aliphatic rings. The summed E-state index contributed by atoms with van der Waals surface area (Å²) in [5.41, 5.74) is 2.86.